The monoisotopic (exact) mass is 484 g/mol. The molecule has 0 amide bonds. The second kappa shape index (κ2) is 10.7. The number of pyridine rings is 1. The first kappa shape index (κ1) is 24.4. The molecule has 5 rings (SSSR count). The molecule has 2 aromatic heterocycles. The second-order valence-corrected chi connectivity index (χ2v) is 10.5. The molecular weight excluding hydrogens is 448 g/mol. The number of aromatic amines is 1. The molecule has 7 nitrogen and oxygen atoms in total. The van der Waals surface area contributed by atoms with Gasteiger partial charge in [-0.1, -0.05) is 75.2 Å². The normalized spacial score (nSPS) is 15.4. The van der Waals surface area contributed by atoms with E-state index >= 15 is 0 Å². The van der Waals surface area contributed by atoms with Crippen molar-refractivity contribution in [3.8, 4) is 0 Å². The molecule has 0 aliphatic heterocycles. The highest BCUT2D eigenvalue weighted by Gasteiger charge is 2.35. The smallest absolute Gasteiger partial charge is 0.252 e. The third-order valence-corrected chi connectivity index (χ3v) is 7.58. The number of nitrogens with zero attached hydrogens (tertiary/aromatic N) is 5. The van der Waals surface area contributed by atoms with Crippen LogP contribution in [0, 0.1) is 12.8 Å². The lowest BCUT2D eigenvalue weighted by Crippen LogP contribution is -2.41. The van der Waals surface area contributed by atoms with Gasteiger partial charge in [0.05, 0.1) is 11.6 Å². The van der Waals surface area contributed by atoms with E-state index in [9.17, 15) is 4.79 Å². The Hall–Kier alpha value is -3.32. The number of aryl methyl sites for hydroxylation is 3. The van der Waals surface area contributed by atoms with E-state index in [0.29, 0.717) is 12.6 Å². The lowest BCUT2D eigenvalue weighted by Gasteiger charge is -2.38. The Morgan fingerprint density at radius 1 is 1.08 bits per heavy atom. The fourth-order valence-electron chi connectivity index (χ4n) is 5.72. The zero-order valence-corrected chi connectivity index (χ0v) is 21.5. The van der Waals surface area contributed by atoms with Crippen molar-refractivity contribution in [1.82, 2.24) is 30.1 Å². The molecule has 188 valence electrons. The molecule has 1 atom stereocenters. The average molecular weight is 485 g/mol. The van der Waals surface area contributed by atoms with Gasteiger partial charge in [0, 0.05) is 24.7 Å². The van der Waals surface area contributed by atoms with Crippen LogP contribution >= 0.6 is 0 Å². The molecule has 1 aliphatic rings. The summed E-state index contributed by atoms with van der Waals surface area (Å²) < 4.78 is 1.97. The van der Waals surface area contributed by atoms with E-state index in [-0.39, 0.29) is 17.5 Å². The fourth-order valence-corrected chi connectivity index (χ4v) is 5.72. The number of benzene rings is 2. The van der Waals surface area contributed by atoms with E-state index in [1.807, 2.05) is 29.8 Å². The molecule has 1 aliphatic carbocycles. The first-order valence-corrected chi connectivity index (χ1v) is 13.2. The minimum absolute atomic E-state index is 0.00836. The molecular formula is C29H36N6O. The van der Waals surface area contributed by atoms with Gasteiger partial charge < -0.3 is 4.98 Å². The van der Waals surface area contributed by atoms with Crippen LogP contribution in [-0.4, -0.2) is 36.1 Å². The molecule has 4 aromatic rings. The van der Waals surface area contributed by atoms with Crippen molar-refractivity contribution in [2.75, 3.05) is 0 Å². The maximum atomic E-state index is 13.2. The van der Waals surface area contributed by atoms with Gasteiger partial charge in [0.2, 0.25) is 0 Å². The number of H-pyrrole nitrogens is 1. The van der Waals surface area contributed by atoms with Crippen molar-refractivity contribution < 1.29 is 0 Å². The van der Waals surface area contributed by atoms with Gasteiger partial charge in [0.15, 0.2) is 5.82 Å². The summed E-state index contributed by atoms with van der Waals surface area (Å²) in [7, 11) is 0. The van der Waals surface area contributed by atoms with Crippen LogP contribution in [0.4, 0.5) is 0 Å². The van der Waals surface area contributed by atoms with Gasteiger partial charge in [-0.2, -0.15) is 0 Å². The number of fused-ring (bicyclic) bond motifs is 1. The number of nitrogens with one attached hydrogen (secondary N) is 1. The van der Waals surface area contributed by atoms with Gasteiger partial charge in [-0.15, -0.1) is 5.10 Å². The van der Waals surface area contributed by atoms with Gasteiger partial charge >= 0.3 is 0 Å². The van der Waals surface area contributed by atoms with Crippen LogP contribution in [0.15, 0.2) is 59.4 Å². The van der Waals surface area contributed by atoms with E-state index < -0.39 is 0 Å². The van der Waals surface area contributed by atoms with Gasteiger partial charge in [0.1, 0.15) is 0 Å². The Labute approximate surface area is 212 Å². The van der Waals surface area contributed by atoms with Gasteiger partial charge in [-0.25, -0.2) is 4.68 Å². The van der Waals surface area contributed by atoms with Crippen LogP contribution in [0.1, 0.15) is 68.1 Å². The summed E-state index contributed by atoms with van der Waals surface area (Å²) in [5.41, 5.74) is 4.07. The molecule has 0 unspecified atom stereocenters. The fraction of sp³-hybridized carbons (Fsp3) is 0.448. The van der Waals surface area contributed by atoms with Crippen LogP contribution in [0.2, 0.25) is 0 Å². The summed E-state index contributed by atoms with van der Waals surface area (Å²) in [4.78, 5) is 18.9. The molecule has 1 saturated carbocycles. The minimum atomic E-state index is -0.00836. The van der Waals surface area contributed by atoms with Gasteiger partial charge in [-0.05, 0) is 65.1 Å². The van der Waals surface area contributed by atoms with Crippen molar-refractivity contribution in [2.24, 2.45) is 5.92 Å². The SMILES string of the molecule is Cc1cccc2cc(CN(C3CCCC3)[C@@H](c3nnnn3CCc3ccccc3)C(C)C)c(=O)[nH]c12. The van der Waals surface area contributed by atoms with E-state index in [4.69, 9.17) is 0 Å². The maximum Gasteiger partial charge on any atom is 0.252 e. The van der Waals surface area contributed by atoms with Crippen LogP contribution < -0.4 is 5.56 Å². The predicted molar refractivity (Wildman–Crippen MR) is 143 cm³/mol. The van der Waals surface area contributed by atoms with Crippen LogP contribution in [0.3, 0.4) is 0 Å². The summed E-state index contributed by atoms with van der Waals surface area (Å²) in [5.74, 6) is 1.18. The quantitative estimate of drug-likeness (QED) is 0.353. The first-order chi connectivity index (χ1) is 17.5. The second-order valence-electron chi connectivity index (χ2n) is 10.5. The van der Waals surface area contributed by atoms with Gasteiger partial charge in [-0.3, -0.25) is 9.69 Å². The van der Waals surface area contributed by atoms with Crippen molar-refractivity contribution in [1.29, 1.82) is 0 Å². The topological polar surface area (TPSA) is 79.7 Å². The predicted octanol–water partition coefficient (Wildman–Crippen LogP) is 5.21. The summed E-state index contributed by atoms with van der Waals surface area (Å²) in [5, 5.41) is 14.1. The minimum Gasteiger partial charge on any atom is -0.321 e. The van der Waals surface area contributed by atoms with Crippen LogP contribution in [-0.2, 0) is 19.5 Å². The highest BCUT2D eigenvalue weighted by molar-refractivity contribution is 5.81. The summed E-state index contributed by atoms with van der Waals surface area (Å²) in [6.45, 7) is 7.81. The molecule has 2 aromatic carbocycles. The van der Waals surface area contributed by atoms with Crippen molar-refractivity contribution in [3.63, 3.8) is 0 Å². The Morgan fingerprint density at radius 3 is 2.61 bits per heavy atom. The molecule has 1 fully saturated rings. The standard InChI is InChI=1S/C29H36N6O/c1-20(2)27(28-31-32-33-35(28)17-16-22-11-5-4-6-12-22)34(25-14-7-8-15-25)19-24-18-23-13-9-10-21(3)26(23)30-29(24)36/h4-6,9-13,18,20,25,27H,7-8,14-17,19H2,1-3H3,(H,30,36)/t27-/m1/s1. The number of aromatic nitrogens is 5. The number of hydrogen-bond donors (Lipinski definition) is 1. The third-order valence-electron chi connectivity index (χ3n) is 7.58. The van der Waals surface area contributed by atoms with Crippen molar-refractivity contribution >= 4 is 10.9 Å². The summed E-state index contributed by atoms with van der Waals surface area (Å²) in [6, 6.07) is 19.1. The van der Waals surface area contributed by atoms with Gasteiger partial charge in [0.25, 0.3) is 5.56 Å². The van der Waals surface area contributed by atoms with E-state index in [1.165, 1.54) is 18.4 Å². The zero-order valence-electron chi connectivity index (χ0n) is 21.5. The molecule has 0 spiro atoms. The first-order valence-electron chi connectivity index (χ1n) is 13.2. The highest BCUT2D eigenvalue weighted by Crippen LogP contribution is 2.36. The Balaban J connectivity index is 1.49. The maximum absolute atomic E-state index is 13.2. The average Bonchev–Trinajstić information content (AvgIpc) is 3.56. The van der Waals surface area contributed by atoms with Crippen LogP contribution in [0.5, 0.6) is 0 Å². The van der Waals surface area contributed by atoms with E-state index in [2.05, 4.69) is 75.7 Å². The largest absolute Gasteiger partial charge is 0.321 e. The molecule has 0 saturated heterocycles. The third kappa shape index (κ3) is 5.12. The number of rotatable bonds is 9. The number of hydrogen-bond acceptors (Lipinski definition) is 5. The lowest BCUT2D eigenvalue weighted by molar-refractivity contribution is 0.0840. The molecule has 36 heavy (non-hydrogen) atoms. The number of para-hydroxylation sites is 1. The molecule has 2 heterocycles. The van der Waals surface area contributed by atoms with E-state index in [1.54, 1.807) is 0 Å². The summed E-state index contributed by atoms with van der Waals surface area (Å²) >= 11 is 0. The summed E-state index contributed by atoms with van der Waals surface area (Å²) in [6.07, 6.45) is 5.59. The van der Waals surface area contributed by atoms with E-state index in [0.717, 1.165) is 53.7 Å². The number of tetrazole rings is 1. The molecule has 1 N–H and O–H groups in total. The molecule has 0 bridgehead atoms. The molecule has 0 radical (unpaired) electrons. The Morgan fingerprint density at radius 2 is 1.86 bits per heavy atom. The van der Waals surface area contributed by atoms with Crippen molar-refractivity contribution in [3.05, 3.63) is 87.5 Å². The highest BCUT2D eigenvalue weighted by atomic mass is 16.1. The van der Waals surface area contributed by atoms with Crippen molar-refractivity contribution in [2.45, 2.75) is 78.0 Å². The lowest BCUT2D eigenvalue weighted by atomic mass is 9.97. The zero-order chi connectivity index (χ0) is 25.1. The molecule has 7 heteroatoms. The Bertz CT molecular complexity index is 1350. The van der Waals surface area contributed by atoms with Crippen LogP contribution in [0.25, 0.3) is 10.9 Å². The Kier molecular flexibility index (Phi) is 7.28.